The van der Waals surface area contributed by atoms with Gasteiger partial charge in [0.2, 0.25) is 0 Å². The van der Waals surface area contributed by atoms with Crippen LogP contribution in [-0.2, 0) is 19.8 Å². The molecule has 0 aliphatic rings. The zero-order valence-corrected chi connectivity index (χ0v) is 13.5. The number of hydrogen-bond acceptors (Lipinski definition) is 3. The van der Waals surface area contributed by atoms with Crippen LogP contribution in [0, 0.1) is 0 Å². The van der Waals surface area contributed by atoms with Gasteiger partial charge in [-0.05, 0) is 29.3 Å². The molecule has 0 bridgehead atoms. The van der Waals surface area contributed by atoms with E-state index in [2.05, 4.69) is 23.5 Å². The van der Waals surface area contributed by atoms with Crippen LogP contribution >= 0.6 is 0 Å². The van der Waals surface area contributed by atoms with Gasteiger partial charge in [0.05, 0.1) is 6.61 Å². The first-order chi connectivity index (χ1) is 11.8. The van der Waals surface area contributed by atoms with E-state index in [0.29, 0.717) is 13.2 Å². The molecule has 0 aliphatic carbocycles. The maximum Gasteiger partial charge on any atom is 0.120 e. The normalized spacial score (nSPS) is 10.4. The summed E-state index contributed by atoms with van der Waals surface area (Å²) in [7, 11) is 0. The van der Waals surface area contributed by atoms with Crippen LogP contribution in [0.4, 0.5) is 5.69 Å². The predicted molar refractivity (Wildman–Crippen MR) is 96.9 cm³/mol. The van der Waals surface area contributed by atoms with Crippen molar-refractivity contribution in [3.8, 4) is 5.75 Å². The summed E-state index contributed by atoms with van der Waals surface area (Å²) in [5, 5.41) is 12.7. The quantitative estimate of drug-likeness (QED) is 0.679. The van der Waals surface area contributed by atoms with Gasteiger partial charge in [0.1, 0.15) is 12.4 Å². The summed E-state index contributed by atoms with van der Waals surface area (Å²) >= 11 is 0. The molecule has 2 N–H and O–H groups in total. The Bertz CT molecular complexity index is 772. The third-order valence-electron chi connectivity index (χ3n) is 3.82. The predicted octanol–water partition coefficient (Wildman–Crippen LogP) is 4.37. The number of benzene rings is 3. The monoisotopic (exact) mass is 319 g/mol. The maximum absolute atomic E-state index is 9.38. The van der Waals surface area contributed by atoms with E-state index in [0.717, 1.165) is 28.1 Å². The van der Waals surface area contributed by atoms with Crippen molar-refractivity contribution in [2.24, 2.45) is 0 Å². The van der Waals surface area contributed by atoms with Gasteiger partial charge in [-0.25, -0.2) is 0 Å². The van der Waals surface area contributed by atoms with Gasteiger partial charge < -0.3 is 15.2 Å². The molecule has 3 nitrogen and oxygen atoms in total. The number of para-hydroxylation sites is 1. The highest BCUT2D eigenvalue weighted by Gasteiger charge is 2.02. The van der Waals surface area contributed by atoms with Crippen LogP contribution in [-0.4, -0.2) is 5.11 Å². The molecule has 0 saturated heterocycles. The molecule has 0 heterocycles. The fourth-order valence-electron chi connectivity index (χ4n) is 2.51. The number of ether oxygens (including phenoxy) is 1. The molecule has 3 aromatic carbocycles. The Kier molecular flexibility index (Phi) is 5.48. The van der Waals surface area contributed by atoms with Gasteiger partial charge in [-0.3, -0.25) is 0 Å². The van der Waals surface area contributed by atoms with E-state index < -0.39 is 0 Å². The Morgan fingerprint density at radius 3 is 2.38 bits per heavy atom. The minimum atomic E-state index is 0.0312. The van der Waals surface area contributed by atoms with Crippen molar-refractivity contribution in [3.63, 3.8) is 0 Å². The topological polar surface area (TPSA) is 41.5 Å². The smallest absolute Gasteiger partial charge is 0.120 e. The number of nitrogens with one attached hydrogen (secondary N) is 1. The number of anilines is 1. The summed E-state index contributed by atoms with van der Waals surface area (Å²) in [6.07, 6.45) is 0. The third kappa shape index (κ3) is 4.37. The summed E-state index contributed by atoms with van der Waals surface area (Å²) < 4.78 is 5.86. The molecule has 0 unspecified atom stereocenters. The van der Waals surface area contributed by atoms with Crippen molar-refractivity contribution in [1.29, 1.82) is 0 Å². The lowest BCUT2D eigenvalue weighted by Crippen LogP contribution is -2.03. The Hall–Kier alpha value is -2.78. The number of aliphatic hydroxyl groups excluding tert-OH is 1. The summed E-state index contributed by atoms with van der Waals surface area (Å²) in [6, 6.07) is 26.0. The molecule has 3 aromatic rings. The first-order valence-electron chi connectivity index (χ1n) is 8.03. The average molecular weight is 319 g/mol. The Labute approximate surface area is 142 Å². The van der Waals surface area contributed by atoms with Gasteiger partial charge in [-0.15, -0.1) is 0 Å². The van der Waals surface area contributed by atoms with Gasteiger partial charge in [-0.2, -0.15) is 0 Å². The first-order valence-corrected chi connectivity index (χ1v) is 8.03. The summed E-state index contributed by atoms with van der Waals surface area (Å²) in [4.78, 5) is 0. The molecule has 0 amide bonds. The third-order valence-corrected chi connectivity index (χ3v) is 3.82. The van der Waals surface area contributed by atoms with Crippen LogP contribution in [0.25, 0.3) is 0 Å². The molecule has 0 atom stereocenters. The Morgan fingerprint density at radius 1 is 0.792 bits per heavy atom. The van der Waals surface area contributed by atoms with Gasteiger partial charge >= 0.3 is 0 Å². The second kappa shape index (κ2) is 8.18. The molecule has 3 heteroatoms. The highest BCUT2D eigenvalue weighted by molar-refractivity contribution is 5.51. The highest BCUT2D eigenvalue weighted by Crippen LogP contribution is 2.19. The Balaban J connectivity index is 1.61. The Morgan fingerprint density at radius 2 is 1.54 bits per heavy atom. The van der Waals surface area contributed by atoms with Crippen molar-refractivity contribution in [2.75, 3.05) is 5.32 Å². The van der Waals surface area contributed by atoms with E-state index in [1.54, 1.807) is 0 Å². The lowest BCUT2D eigenvalue weighted by molar-refractivity contribution is 0.282. The van der Waals surface area contributed by atoms with Crippen molar-refractivity contribution in [2.45, 2.75) is 19.8 Å². The molecule has 0 spiro atoms. The molecule has 0 saturated carbocycles. The van der Waals surface area contributed by atoms with Gasteiger partial charge in [0.15, 0.2) is 0 Å². The highest BCUT2D eigenvalue weighted by atomic mass is 16.5. The first kappa shape index (κ1) is 16.1. The molecule has 0 aliphatic heterocycles. The van der Waals surface area contributed by atoms with E-state index in [-0.39, 0.29) is 6.61 Å². The summed E-state index contributed by atoms with van der Waals surface area (Å²) in [6.45, 7) is 1.27. The van der Waals surface area contributed by atoms with E-state index >= 15 is 0 Å². The van der Waals surface area contributed by atoms with E-state index in [4.69, 9.17) is 4.74 Å². The minimum absolute atomic E-state index is 0.0312. The van der Waals surface area contributed by atoms with Crippen molar-refractivity contribution in [3.05, 3.63) is 95.6 Å². The van der Waals surface area contributed by atoms with Gasteiger partial charge in [0.25, 0.3) is 0 Å². The van der Waals surface area contributed by atoms with E-state index in [9.17, 15) is 5.11 Å². The largest absolute Gasteiger partial charge is 0.489 e. The van der Waals surface area contributed by atoms with Gasteiger partial charge in [-0.1, -0.05) is 60.7 Å². The van der Waals surface area contributed by atoms with E-state index in [1.807, 2.05) is 60.7 Å². The molecule has 0 aromatic heterocycles. The summed E-state index contributed by atoms with van der Waals surface area (Å²) in [5.41, 5.74) is 4.13. The van der Waals surface area contributed by atoms with Crippen molar-refractivity contribution >= 4 is 5.69 Å². The van der Waals surface area contributed by atoms with E-state index in [1.165, 1.54) is 0 Å². The molecular formula is C21H21NO2. The SMILES string of the molecule is OCc1ccccc1NCc1cccc(OCc2ccccc2)c1. The number of hydrogen-bond donors (Lipinski definition) is 2. The van der Waals surface area contributed by atoms with Crippen LogP contribution in [0.15, 0.2) is 78.9 Å². The van der Waals surface area contributed by atoms with Crippen LogP contribution in [0.5, 0.6) is 5.75 Å². The van der Waals surface area contributed by atoms with Crippen LogP contribution in [0.3, 0.4) is 0 Å². The maximum atomic E-state index is 9.38. The molecule has 0 fully saturated rings. The fourth-order valence-corrected chi connectivity index (χ4v) is 2.51. The van der Waals surface area contributed by atoms with Crippen LogP contribution in [0.2, 0.25) is 0 Å². The number of aliphatic hydroxyl groups is 1. The summed E-state index contributed by atoms with van der Waals surface area (Å²) in [5.74, 6) is 0.855. The van der Waals surface area contributed by atoms with Gasteiger partial charge in [0, 0.05) is 17.8 Å². The fraction of sp³-hybridized carbons (Fsp3) is 0.143. The van der Waals surface area contributed by atoms with Crippen molar-refractivity contribution < 1.29 is 9.84 Å². The molecular weight excluding hydrogens is 298 g/mol. The zero-order valence-electron chi connectivity index (χ0n) is 13.5. The molecule has 3 rings (SSSR count). The zero-order chi connectivity index (χ0) is 16.6. The average Bonchev–Trinajstić information content (AvgIpc) is 2.66. The lowest BCUT2D eigenvalue weighted by atomic mass is 10.1. The standard InChI is InChI=1S/C21H21NO2/c23-15-19-10-4-5-12-21(19)22-14-18-9-6-11-20(13-18)24-16-17-7-2-1-3-8-17/h1-13,22-23H,14-16H2. The molecule has 122 valence electrons. The number of rotatable bonds is 7. The molecule has 0 radical (unpaired) electrons. The second-order valence-corrected chi connectivity index (χ2v) is 5.59. The molecule has 24 heavy (non-hydrogen) atoms. The second-order valence-electron chi connectivity index (χ2n) is 5.59. The minimum Gasteiger partial charge on any atom is -0.489 e. The van der Waals surface area contributed by atoms with Crippen LogP contribution in [0.1, 0.15) is 16.7 Å². The lowest BCUT2D eigenvalue weighted by Gasteiger charge is -2.12. The van der Waals surface area contributed by atoms with Crippen LogP contribution < -0.4 is 10.1 Å². The van der Waals surface area contributed by atoms with Crippen molar-refractivity contribution in [1.82, 2.24) is 0 Å².